The lowest BCUT2D eigenvalue weighted by Gasteiger charge is -2.04. The highest BCUT2D eigenvalue weighted by atomic mass is 16.5. The molecule has 1 rings (SSSR count). The number of ether oxygens (including phenoxy) is 2. The number of carbonyl (C=O) groups excluding carboxylic acids is 2. The molecule has 1 aromatic rings. The Morgan fingerprint density at radius 2 is 1.89 bits per heavy atom. The average Bonchev–Trinajstić information content (AvgIpc) is 2.68. The second-order valence-electron chi connectivity index (χ2n) is 3.74. The highest BCUT2D eigenvalue weighted by Gasteiger charge is 2.20. The highest BCUT2D eigenvalue weighted by Crippen LogP contribution is 2.19. The summed E-state index contributed by atoms with van der Waals surface area (Å²) in [4.78, 5) is 23.0. The number of aryl methyl sites for hydroxylation is 2. The second-order valence-corrected chi connectivity index (χ2v) is 3.74. The van der Waals surface area contributed by atoms with Crippen LogP contribution in [0.15, 0.2) is 10.7 Å². The van der Waals surface area contributed by atoms with Gasteiger partial charge in [-0.1, -0.05) is 0 Å². The standard InChI is InChI=1S/C13H18O5/c1-4-16-11(14)7-6-10-12(9(3)8-18-10)13(15)17-5-2/h8H,4-7H2,1-3H3. The predicted molar refractivity (Wildman–Crippen MR) is 64.4 cm³/mol. The van der Waals surface area contributed by atoms with Gasteiger partial charge in [0.2, 0.25) is 0 Å². The van der Waals surface area contributed by atoms with Gasteiger partial charge in [-0.15, -0.1) is 0 Å². The Morgan fingerprint density at radius 3 is 2.50 bits per heavy atom. The van der Waals surface area contributed by atoms with Crippen LogP contribution in [-0.4, -0.2) is 25.2 Å². The molecule has 5 heteroatoms. The van der Waals surface area contributed by atoms with Crippen LogP contribution in [0.3, 0.4) is 0 Å². The first-order valence-corrected chi connectivity index (χ1v) is 5.99. The number of furan rings is 1. The van der Waals surface area contributed by atoms with Crippen LogP contribution in [0.2, 0.25) is 0 Å². The van der Waals surface area contributed by atoms with Gasteiger partial charge in [-0.3, -0.25) is 4.79 Å². The molecule has 0 aliphatic rings. The molecule has 0 atom stereocenters. The smallest absolute Gasteiger partial charge is 0.341 e. The lowest BCUT2D eigenvalue weighted by molar-refractivity contribution is -0.143. The van der Waals surface area contributed by atoms with Crippen molar-refractivity contribution in [2.24, 2.45) is 0 Å². The third-order valence-corrected chi connectivity index (χ3v) is 2.39. The number of hydrogen-bond donors (Lipinski definition) is 0. The van der Waals surface area contributed by atoms with Gasteiger partial charge in [0.1, 0.15) is 11.3 Å². The molecule has 0 aliphatic heterocycles. The SMILES string of the molecule is CCOC(=O)CCc1occ(C)c1C(=O)OCC. The van der Waals surface area contributed by atoms with E-state index in [0.717, 1.165) is 0 Å². The molecule has 1 aromatic heterocycles. The summed E-state index contributed by atoms with van der Waals surface area (Å²) in [7, 11) is 0. The molecule has 5 nitrogen and oxygen atoms in total. The van der Waals surface area contributed by atoms with E-state index >= 15 is 0 Å². The maximum atomic E-state index is 11.7. The summed E-state index contributed by atoms with van der Waals surface area (Å²) in [5.41, 5.74) is 1.13. The van der Waals surface area contributed by atoms with Gasteiger partial charge < -0.3 is 13.9 Å². The summed E-state index contributed by atoms with van der Waals surface area (Å²) in [6.45, 7) is 5.91. The molecule has 18 heavy (non-hydrogen) atoms. The van der Waals surface area contributed by atoms with Crippen LogP contribution in [0, 0.1) is 6.92 Å². The van der Waals surface area contributed by atoms with E-state index in [4.69, 9.17) is 13.9 Å². The molecule has 1 heterocycles. The molecule has 0 saturated heterocycles. The van der Waals surface area contributed by atoms with Gasteiger partial charge in [0.25, 0.3) is 0 Å². The first-order chi connectivity index (χ1) is 8.60. The lowest BCUT2D eigenvalue weighted by Crippen LogP contribution is -2.10. The Morgan fingerprint density at radius 1 is 1.22 bits per heavy atom. The van der Waals surface area contributed by atoms with Crippen molar-refractivity contribution in [2.75, 3.05) is 13.2 Å². The van der Waals surface area contributed by atoms with Crippen LogP contribution >= 0.6 is 0 Å². The molecule has 0 aromatic carbocycles. The van der Waals surface area contributed by atoms with Crippen LogP contribution in [0.4, 0.5) is 0 Å². The normalized spacial score (nSPS) is 10.2. The largest absolute Gasteiger partial charge is 0.468 e. The molecule has 0 N–H and O–H groups in total. The van der Waals surface area contributed by atoms with Crippen molar-refractivity contribution in [3.05, 3.63) is 23.2 Å². The Kier molecular flexibility index (Phi) is 5.42. The molecule has 0 fully saturated rings. The van der Waals surface area contributed by atoms with Crippen molar-refractivity contribution < 1.29 is 23.5 Å². The van der Waals surface area contributed by atoms with Crippen LogP contribution < -0.4 is 0 Å². The van der Waals surface area contributed by atoms with E-state index < -0.39 is 5.97 Å². The van der Waals surface area contributed by atoms with Crippen molar-refractivity contribution in [1.82, 2.24) is 0 Å². The van der Waals surface area contributed by atoms with Gasteiger partial charge in [0.05, 0.1) is 25.9 Å². The maximum absolute atomic E-state index is 11.7. The van der Waals surface area contributed by atoms with Crippen LogP contribution in [0.25, 0.3) is 0 Å². The molecule has 0 spiro atoms. The van der Waals surface area contributed by atoms with E-state index in [9.17, 15) is 9.59 Å². The first-order valence-electron chi connectivity index (χ1n) is 5.99. The monoisotopic (exact) mass is 254 g/mol. The molecule has 0 aliphatic carbocycles. The summed E-state index contributed by atoms with van der Waals surface area (Å²) in [5, 5.41) is 0. The molecule has 0 saturated carbocycles. The van der Waals surface area contributed by atoms with Gasteiger partial charge in [-0.05, 0) is 20.8 Å². The van der Waals surface area contributed by atoms with Crippen molar-refractivity contribution in [1.29, 1.82) is 0 Å². The Hall–Kier alpha value is -1.78. The molecular weight excluding hydrogens is 236 g/mol. The molecule has 0 unspecified atom stereocenters. The van der Waals surface area contributed by atoms with Crippen LogP contribution in [0.1, 0.15) is 41.9 Å². The van der Waals surface area contributed by atoms with E-state index in [0.29, 0.717) is 36.5 Å². The summed E-state index contributed by atoms with van der Waals surface area (Å²) in [6.07, 6.45) is 2.01. The number of carbonyl (C=O) groups is 2. The third-order valence-electron chi connectivity index (χ3n) is 2.39. The molecule has 0 amide bonds. The fourth-order valence-corrected chi connectivity index (χ4v) is 1.61. The molecule has 0 bridgehead atoms. The van der Waals surface area contributed by atoms with E-state index in [-0.39, 0.29) is 12.4 Å². The van der Waals surface area contributed by atoms with Crippen molar-refractivity contribution in [3.8, 4) is 0 Å². The zero-order valence-electron chi connectivity index (χ0n) is 10.9. The number of esters is 2. The Balaban J connectivity index is 2.71. The quantitative estimate of drug-likeness (QED) is 0.728. The predicted octanol–water partition coefficient (Wildman–Crippen LogP) is 2.26. The number of hydrogen-bond acceptors (Lipinski definition) is 5. The van der Waals surface area contributed by atoms with E-state index in [1.54, 1.807) is 20.8 Å². The maximum Gasteiger partial charge on any atom is 0.341 e. The summed E-state index contributed by atoms with van der Waals surface area (Å²) in [6, 6.07) is 0. The Labute approximate surface area is 106 Å². The zero-order chi connectivity index (χ0) is 13.5. The zero-order valence-corrected chi connectivity index (χ0v) is 10.9. The van der Waals surface area contributed by atoms with E-state index in [1.165, 1.54) is 6.26 Å². The van der Waals surface area contributed by atoms with E-state index in [1.807, 2.05) is 0 Å². The summed E-state index contributed by atoms with van der Waals surface area (Å²) >= 11 is 0. The van der Waals surface area contributed by atoms with Crippen molar-refractivity contribution >= 4 is 11.9 Å². The first kappa shape index (κ1) is 14.3. The minimum Gasteiger partial charge on any atom is -0.468 e. The number of rotatable bonds is 6. The topological polar surface area (TPSA) is 65.7 Å². The Bertz CT molecular complexity index is 419. The van der Waals surface area contributed by atoms with Gasteiger partial charge in [-0.25, -0.2) is 4.79 Å². The fourth-order valence-electron chi connectivity index (χ4n) is 1.61. The minimum absolute atomic E-state index is 0.188. The van der Waals surface area contributed by atoms with Crippen molar-refractivity contribution in [3.63, 3.8) is 0 Å². The fraction of sp³-hybridized carbons (Fsp3) is 0.538. The average molecular weight is 254 g/mol. The van der Waals surface area contributed by atoms with E-state index in [2.05, 4.69) is 0 Å². The van der Waals surface area contributed by atoms with Gasteiger partial charge >= 0.3 is 11.9 Å². The highest BCUT2D eigenvalue weighted by molar-refractivity contribution is 5.92. The molecule has 0 radical (unpaired) electrons. The molecular formula is C13H18O5. The van der Waals surface area contributed by atoms with Crippen molar-refractivity contribution in [2.45, 2.75) is 33.6 Å². The van der Waals surface area contributed by atoms with Crippen LogP contribution in [-0.2, 0) is 20.7 Å². The van der Waals surface area contributed by atoms with Gasteiger partial charge in [0.15, 0.2) is 0 Å². The van der Waals surface area contributed by atoms with Gasteiger partial charge in [-0.2, -0.15) is 0 Å². The minimum atomic E-state index is -0.414. The van der Waals surface area contributed by atoms with Gasteiger partial charge in [0, 0.05) is 12.0 Å². The van der Waals surface area contributed by atoms with Crippen LogP contribution in [0.5, 0.6) is 0 Å². The summed E-state index contributed by atoms with van der Waals surface area (Å²) < 4.78 is 15.1. The third kappa shape index (κ3) is 3.61. The second kappa shape index (κ2) is 6.83. The summed E-state index contributed by atoms with van der Waals surface area (Å²) in [5.74, 6) is -0.247. The lowest BCUT2D eigenvalue weighted by atomic mass is 10.1. The molecule has 100 valence electrons.